The SMILES string of the molecule is CC(C)CN1CCC2(CC1)NC(=O)N(CCC#N)C2=O. The Morgan fingerprint density at radius 2 is 2.00 bits per heavy atom. The van der Waals surface area contributed by atoms with Crippen LogP contribution in [0, 0.1) is 17.2 Å². The van der Waals surface area contributed by atoms with Gasteiger partial charge in [0.15, 0.2) is 0 Å². The van der Waals surface area contributed by atoms with Gasteiger partial charge in [0.25, 0.3) is 5.91 Å². The van der Waals surface area contributed by atoms with Crippen molar-refractivity contribution in [3.8, 4) is 6.07 Å². The van der Waals surface area contributed by atoms with Gasteiger partial charge in [0.05, 0.1) is 12.5 Å². The van der Waals surface area contributed by atoms with E-state index in [9.17, 15) is 9.59 Å². The number of amides is 3. The van der Waals surface area contributed by atoms with Crippen LogP contribution >= 0.6 is 0 Å². The average molecular weight is 278 g/mol. The van der Waals surface area contributed by atoms with Crippen molar-refractivity contribution in [2.75, 3.05) is 26.2 Å². The van der Waals surface area contributed by atoms with Crippen molar-refractivity contribution in [2.24, 2.45) is 5.92 Å². The van der Waals surface area contributed by atoms with Crippen LogP contribution in [0.25, 0.3) is 0 Å². The number of piperidine rings is 1. The number of nitrogens with zero attached hydrogens (tertiary/aromatic N) is 3. The van der Waals surface area contributed by atoms with Gasteiger partial charge in [0.1, 0.15) is 5.54 Å². The van der Waals surface area contributed by atoms with Crippen LogP contribution in [0.5, 0.6) is 0 Å². The fourth-order valence-electron chi connectivity index (χ4n) is 3.01. The van der Waals surface area contributed by atoms with Crippen molar-refractivity contribution >= 4 is 11.9 Å². The van der Waals surface area contributed by atoms with Crippen LogP contribution in [0.1, 0.15) is 33.1 Å². The fraction of sp³-hybridized carbons (Fsp3) is 0.786. The second-order valence-corrected chi connectivity index (χ2v) is 6.07. The van der Waals surface area contributed by atoms with Crippen LogP contribution in [0.15, 0.2) is 0 Å². The highest BCUT2D eigenvalue weighted by atomic mass is 16.2. The molecule has 2 fully saturated rings. The first-order valence-corrected chi connectivity index (χ1v) is 7.22. The minimum absolute atomic E-state index is 0.151. The van der Waals surface area contributed by atoms with Crippen LogP contribution in [-0.4, -0.2) is 53.5 Å². The molecule has 2 aliphatic rings. The molecule has 1 N–H and O–H groups in total. The van der Waals surface area contributed by atoms with Crippen LogP contribution in [0.4, 0.5) is 4.79 Å². The molecule has 0 unspecified atom stereocenters. The molecule has 0 aromatic heterocycles. The van der Waals surface area contributed by atoms with Crippen LogP contribution in [-0.2, 0) is 4.79 Å². The highest BCUT2D eigenvalue weighted by Crippen LogP contribution is 2.29. The Labute approximate surface area is 119 Å². The van der Waals surface area contributed by atoms with Crippen molar-refractivity contribution in [3.05, 3.63) is 0 Å². The van der Waals surface area contributed by atoms with Crippen molar-refractivity contribution in [3.63, 3.8) is 0 Å². The first-order valence-electron chi connectivity index (χ1n) is 7.22. The molecular weight excluding hydrogens is 256 g/mol. The summed E-state index contributed by atoms with van der Waals surface area (Å²) in [6.45, 7) is 7.23. The molecule has 0 atom stereocenters. The van der Waals surface area contributed by atoms with E-state index in [0.29, 0.717) is 18.8 Å². The molecule has 2 rings (SSSR count). The summed E-state index contributed by atoms with van der Waals surface area (Å²) in [5, 5.41) is 11.4. The van der Waals surface area contributed by atoms with Gasteiger partial charge in [0.2, 0.25) is 0 Å². The lowest BCUT2D eigenvalue weighted by atomic mass is 9.87. The highest BCUT2D eigenvalue weighted by molar-refractivity contribution is 6.07. The molecule has 2 aliphatic heterocycles. The Kier molecular flexibility index (Phi) is 4.29. The van der Waals surface area contributed by atoms with Gasteiger partial charge >= 0.3 is 6.03 Å². The fourth-order valence-corrected chi connectivity index (χ4v) is 3.01. The monoisotopic (exact) mass is 278 g/mol. The quantitative estimate of drug-likeness (QED) is 0.777. The summed E-state index contributed by atoms with van der Waals surface area (Å²) < 4.78 is 0. The van der Waals surface area contributed by atoms with Gasteiger partial charge < -0.3 is 10.2 Å². The maximum atomic E-state index is 12.4. The van der Waals surface area contributed by atoms with E-state index in [-0.39, 0.29) is 24.9 Å². The number of hydrogen-bond acceptors (Lipinski definition) is 4. The summed E-state index contributed by atoms with van der Waals surface area (Å²) in [6, 6.07) is 1.63. The Balaban J connectivity index is 1.98. The number of carbonyl (C=O) groups is 2. The molecule has 2 heterocycles. The topological polar surface area (TPSA) is 76.4 Å². The van der Waals surface area contributed by atoms with E-state index in [1.54, 1.807) is 0 Å². The Bertz CT molecular complexity index is 433. The normalized spacial score (nSPS) is 22.4. The maximum absolute atomic E-state index is 12.4. The molecule has 6 heteroatoms. The zero-order valence-electron chi connectivity index (χ0n) is 12.2. The third-order valence-corrected chi connectivity index (χ3v) is 4.03. The summed E-state index contributed by atoms with van der Waals surface area (Å²) in [4.78, 5) is 27.9. The van der Waals surface area contributed by atoms with E-state index in [0.717, 1.165) is 19.6 Å². The predicted octanol–water partition coefficient (Wildman–Crippen LogP) is 0.942. The zero-order valence-corrected chi connectivity index (χ0v) is 12.2. The van der Waals surface area contributed by atoms with Gasteiger partial charge in [-0.25, -0.2) is 4.79 Å². The number of rotatable bonds is 4. The molecule has 0 bridgehead atoms. The lowest BCUT2D eigenvalue weighted by Gasteiger charge is -2.37. The van der Waals surface area contributed by atoms with E-state index in [1.165, 1.54) is 4.90 Å². The number of imide groups is 1. The molecule has 0 saturated carbocycles. The van der Waals surface area contributed by atoms with Crippen LogP contribution in [0.3, 0.4) is 0 Å². The molecular formula is C14H22N4O2. The van der Waals surface area contributed by atoms with E-state index in [1.807, 2.05) is 6.07 Å². The number of nitrogens with one attached hydrogen (secondary N) is 1. The largest absolute Gasteiger partial charge is 0.325 e. The number of likely N-dealkylation sites (tertiary alicyclic amines) is 1. The summed E-state index contributed by atoms with van der Waals surface area (Å²) in [7, 11) is 0. The van der Waals surface area contributed by atoms with Crippen molar-refractivity contribution in [2.45, 2.75) is 38.6 Å². The van der Waals surface area contributed by atoms with Gasteiger partial charge in [-0.15, -0.1) is 0 Å². The van der Waals surface area contributed by atoms with E-state index < -0.39 is 5.54 Å². The second kappa shape index (κ2) is 5.80. The smallest absolute Gasteiger partial charge is 0.323 e. The van der Waals surface area contributed by atoms with Crippen molar-refractivity contribution < 1.29 is 9.59 Å². The minimum atomic E-state index is -0.722. The molecule has 6 nitrogen and oxygen atoms in total. The minimum Gasteiger partial charge on any atom is -0.323 e. The van der Waals surface area contributed by atoms with Gasteiger partial charge in [-0.2, -0.15) is 5.26 Å². The molecule has 3 amide bonds. The van der Waals surface area contributed by atoms with Crippen LogP contribution in [0.2, 0.25) is 0 Å². The Morgan fingerprint density at radius 3 is 2.55 bits per heavy atom. The third-order valence-electron chi connectivity index (χ3n) is 4.03. The molecule has 0 aromatic rings. The predicted molar refractivity (Wildman–Crippen MR) is 73.7 cm³/mol. The number of urea groups is 1. The average Bonchev–Trinajstić information content (AvgIpc) is 2.62. The van der Waals surface area contributed by atoms with Gasteiger partial charge in [0, 0.05) is 26.2 Å². The lowest BCUT2D eigenvalue weighted by Crippen LogP contribution is -2.55. The Hall–Kier alpha value is -1.61. The summed E-state index contributed by atoms with van der Waals surface area (Å²) in [5.41, 5.74) is -0.722. The van der Waals surface area contributed by atoms with Gasteiger partial charge in [-0.05, 0) is 18.8 Å². The molecule has 0 radical (unpaired) electrons. The van der Waals surface area contributed by atoms with Gasteiger partial charge in [-0.3, -0.25) is 9.69 Å². The summed E-state index contributed by atoms with van der Waals surface area (Å²) >= 11 is 0. The van der Waals surface area contributed by atoms with Crippen LogP contribution < -0.4 is 5.32 Å². The lowest BCUT2D eigenvalue weighted by molar-refractivity contribution is -0.132. The summed E-state index contributed by atoms with van der Waals surface area (Å²) in [6.07, 6.45) is 1.51. The second-order valence-electron chi connectivity index (χ2n) is 6.07. The van der Waals surface area contributed by atoms with Gasteiger partial charge in [-0.1, -0.05) is 13.8 Å². The molecule has 0 aromatic carbocycles. The number of hydrogen-bond donors (Lipinski definition) is 1. The molecule has 2 saturated heterocycles. The third kappa shape index (κ3) is 2.78. The van der Waals surface area contributed by atoms with E-state index >= 15 is 0 Å². The standard InChI is InChI=1S/C14H22N4O2/c1-11(2)10-17-8-4-14(5-9-17)12(19)18(7-3-6-15)13(20)16-14/h11H,3-5,7-10H2,1-2H3,(H,16,20). The van der Waals surface area contributed by atoms with Crippen molar-refractivity contribution in [1.29, 1.82) is 5.26 Å². The Morgan fingerprint density at radius 1 is 1.35 bits per heavy atom. The number of nitriles is 1. The zero-order chi connectivity index (χ0) is 14.8. The number of carbonyl (C=O) groups excluding carboxylic acids is 2. The highest BCUT2D eigenvalue weighted by Gasteiger charge is 2.51. The molecule has 110 valence electrons. The van der Waals surface area contributed by atoms with Crippen molar-refractivity contribution in [1.82, 2.24) is 15.1 Å². The molecule has 0 aliphatic carbocycles. The summed E-state index contributed by atoms with van der Waals surface area (Å²) in [5.74, 6) is 0.451. The molecule has 20 heavy (non-hydrogen) atoms. The van der Waals surface area contributed by atoms with E-state index in [2.05, 4.69) is 24.1 Å². The van der Waals surface area contributed by atoms with E-state index in [4.69, 9.17) is 5.26 Å². The maximum Gasteiger partial charge on any atom is 0.325 e. The first kappa shape index (κ1) is 14.8. The molecule has 1 spiro atoms. The first-order chi connectivity index (χ1) is 9.48.